The lowest BCUT2D eigenvalue weighted by Crippen LogP contribution is -2.22. The summed E-state index contributed by atoms with van der Waals surface area (Å²) in [5.41, 5.74) is 2.37. The van der Waals surface area contributed by atoms with Gasteiger partial charge < -0.3 is 4.74 Å². The molecule has 1 heterocycles. The third kappa shape index (κ3) is 4.02. The minimum atomic E-state index is -3.89. The Morgan fingerprint density at radius 2 is 1.52 bits per heavy atom. The van der Waals surface area contributed by atoms with Crippen LogP contribution in [0.4, 0.5) is 22.0 Å². The Balaban J connectivity index is 1.46. The van der Waals surface area contributed by atoms with E-state index in [0.29, 0.717) is 22.9 Å². The van der Waals surface area contributed by atoms with Gasteiger partial charge in [-0.1, -0.05) is 24.3 Å². The Hall–Kier alpha value is -3.52. The predicted octanol–water partition coefficient (Wildman–Crippen LogP) is 7.97. The molecule has 0 radical (unpaired) electrons. The summed E-state index contributed by atoms with van der Waals surface area (Å²) in [4.78, 5) is 4.65. The molecule has 0 saturated heterocycles. The maximum atomic E-state index is 14.7. The van der Waals surface area contributed by atoms with E-state index >= 15 is 0 Å². The number of fused-ring (bicyclic) bond motifs is 2. The first kappa shape index (κ1) is 21.3. The van der Waals surface area contributed by atoms with E-state index in [1.807, 2.05) is 25.1 Å². The second kappa shape index (κ2) is 7.81. The molecule has 0 aliphatic carbocycles. The molecule has 0 aliphatic rings. The van der Waals surface area contributed by atoms with Crippen molar-refractivity contribution in [2.45, 2.75) is 13.0 Å². The number of rotatable bonds is 4. The lowest BCUT2D eigenvalue weighted by atomic mass is 10.0. The normalized spacial score (nSPS) is 11.9. The van der Waals surface area contributed by atoms with Crippen molar-refractivity contribution in [2.24, 2.45) is 0 Å². The molecular formula is C25H14F5NOS. The summed E-state index contributed by atoms with van der Waals surface area (Å²) in [6, 6.07) is 16.0. The van der Waals surface area contributed by atoms with E-state index in [1.165, 1.54) is 18.2 Å². The fraction of sp³-hybridized carbons (Fsp3) is 0.0800. The molecule has 5 aromatic rings. The van der Waals surface area contributed by atoms with Crippen LogP contribution in [0.3, 0.4) is 0 Å². The van der Waals surface area contributed by atoms with Crippen LogP contribution in [0, 0.1) is 24.4 Å². The Morgan fingerprint density at radius 1 is 0.818 bits per heavy atom. The molecule has 0 bridgehead atoms. The fourth-order valence-corrected chi connectivity index (χ4v) is 4.57. The number of halogens is 5. The van der Waals surface area contributed by atoms with E-state index in [4.69, 9.17) is 0 Å². The summed E-state index contributed by atoms with van der Waals surface area (Å²) >= 11 is 1.55. The quantitative estimate of drug-likeness (QED) is 0.196. The first-order valence-electron chi connectivity index (χ1n) is 9.83. The van der Waals surface area contributed by atoms with Crippen LogP contribution in [0.1, 0.15) is 11.1 Å². The smallest absolute Gasteiger partial charge is 0.426 e. The molecule has 1 aromatic heterocycles. The predicted molar refractivity (Wildman–Crippen MR) is 118 cm³/mol. The zero-order valence-corrected chi connectivity index (χ0v) is 17.8. The highest BCUT2D eigenvalue weighted by Gasteiger charge is 2.35. The minimum absolute atomic E-state index is 0.374. The van der Waals surface area contributed by atoms with Crippen molar-refractivity contribution in [1.29, 1.82) is 0 Å². The van der Waals surface area contributed by atoms with Crippen LogP contribution >= 0.6 is 11.3 Å². The molecule has 0 aliphatic heterocycles. The number of nitrogens with zero attached hydrogens (tertiary/aromatic N) is 1. The van der Waals surface area contributed by atoms with Crippen LogP contribution in [0.5, 0.6) is 5.75 Å². The summed E-state index contributed by atoms with van der Waals surface area (Å²) < 4.78 is 74.7. The summed E-state index contributed by atoms with van der Waals surface area (Å²) in [7, 11) is 0. The van der Waals surface area contributed by atoms with Gasteiger partial charge in [0.05, 0.1) is 15.8 Å². The van der Waals surface area contributed by atoms with E-state index in [1.54, 1.807) is 23.5 Å². The van der Waals surface area contributed by atoms with Gasteiger partial charge in [-0.05, 0) is 53.6 Å². The van der Waals surface area contributed by atoms with Crippen molar-refractivity contribution in [3.05, 3.63) is 95.3 Å². The number of ether oxygens (including phenoxy) is 1. The molecule has 0 atom stereocenters. The van der Waals surface area contributed by atoms with Gasteiger partial charge in [0.25, 0.3) is 0 Å². The van der Waals surface area contributed by atoms with Gasteiger partial charge in [0.1, 0.15) is 10.8 Å². The number of hydrogen-bond acceptors (Lipinski definition) is 3. The third-order valence-corrected chi connectivity index (χ3v) is 6.24. The average Bonchev–Trinajstić information content (AvgIpc) is 3.19. The minimum Gasteiger partial charge on any atom is -0.429 e. The van der Waals surface area contributed by atoms with Crippen LogP contribution in [0.25, 0.3) is 31.6 Å². The largest absolute Gasteiger partial charge is 0.429 e. The molecule has 2 nitrogen and oxygen atoms in total. The van der Waals surface area contributed by atoms with Gasteiger partial charge in [0.15, 0.2) is 17.5 Å². The van der Waals surface area contributed by atoms with Crippen molar-refractivity contribution in [3.63, 3.8) is 0 Å². The van der Waals surface area contributed by atoms with Gasteiger partial charge in [-0.25, -0.2) is 18.2 Å². The molecule has 166 valence electrons. The molecule has 0 spiro atoms. The number of hydrogen-bond donors (Lipinski definition) is 0. The number of thiazole rings is 1. The van der Waals surface area contributed by atoms with Gasteiger partial charge in [-0.2, -0.15) is 8.78 Å². The zero-order chi connectivity index (χ0) is 23.3. The van der Waals surface area contributed by atoms with E-state index in [-0.39, 0.29) is 0 Å². The first-order chi connectivity index (χ1) is 15.7. The van der Waals surface area contributed by atoms with Gasteiger partial charge in [-0.15, -0.1) is 11.3 Å². The summed E-state index contributed by atoms with van der Waals surface area (Å²) in [5, 5.41) is 2.05. The Bertz CT molecular complexity index is 1510. The van der Waals surface area contributed by atoms with Gasteiger partial charge in [-0.3, -0.25) is 0 Å². The lowest BCUT2D eigenvalue weighted by molar-refractivity contribution is -0.185. The number of benzene rings is 4. The average molecular weight is 471 g/mol. The Morgan fingerprint density at radius 3 is 2.27 bits per heavy atom. The highest BCUT2D eigenvalue weighted by atomic mass is 32.1. The van der Waals surface area contributed by atoms with Crippen LogP contribution < -0.4 is 4.74 Å². The molecule has 0 unspecified atom stereocenters. The molecular weight excluding hydrogens is 457 g/mol. The topological polar surface area (TPSA) is 22.1 Å². The van der Waals surface area contributed by atoms with E-state index in [0.717, 1.165) is 26.4 Å². The van der Waals surface area contributed by atoms with Crippen molar-refractivity contribution >= 4 is 32.3 Å². The molecule has 8 heteroatoms. The molecule has 0 amide bonds. The third-order valence-electron chi connectivity index (χ3n) is 5.17. The summed E-state index contributed by atoms with van der Waals surface area (Å²) in [6.07, 6.45) is -3.89. The Labute approximate surface area is 188 Å². The van der Waals surface area contributed by atoms with Gasteiger partial charge >= 0.3 is 6.11 Å². The van der Waals surface area contributed by atoms with Crippen molar-refractivity contribution in [3.8, 4) is 16.3 Å². The maximum absolute atomic E-state index is 14.7. The molecule has 33 heavy (non-hydrogen) atoms. The van der Waals surface area contributed by atoms with Crippen LogP contribution in [-0.4, -0.2) is 4.98 Å². The lowest BCUT2D eigenvalue weighted by Gasteiger charge is -2.19. The number of alkyl halides is 2. The van der Waals surface area contributed by atoms with Gasteiger partial charge in [0.2, 0.25) is 0 Å². The SMILES string of the molecule is Cc1ccc2nc(-c3ccc4cc(C(F)(F)Oc5cc(F)c(F)c(F)c5)ccc4c3)sc2c1. The molecule has 4 aromatic carbocycles. The highest BCUT2D eigenvalue weighted by molar-refractivity contribution is 7.21. The summed E-state index contributed by atoms with van der Waals surface area (Å²) in [6.45, 7) is 2.01. The molecule has 0 fully saturated rings. The molecule has 0 N–H and O–H groups in total. The van der Waals surface area contributed by atoms with Crippen LogP contribution in [0.2, 0.25) is 0 Å². The maximum Gasteiger partial charge on any atom is 0.426 e. The molecule has 5 rings (SSSR count). The van der Waals surface area contributed by atoms with Gasteiger partial charge in [0, 0.05) is 17.7 Å². The van der Waals surface area contributed by atoms with E-state index in [2.05, 4.69) is 15.8 Å². The second-order valence-corrected chi connectivity index (χ2v) is 8.62. The van der Waals surface area contributed by atoms with E-state index < -0.39 is 34.9 Å². The summed E-state index contributed by atoms with van der Waals surface area (Å²) in [5.74, 6) is -5.80. The first-order valence-corrected chi connectivity index (χ1v) is 10.6. The fourth-order valence-electron chi connectivity index (χ4n) is 3.51. The van der Waals surface area contributed by atoms with Crippen molar-refractivity contribution in [2.75, 3.05) is 0 Å². The second-order valence-electron chi connectivity index (χ2n) is 7.59. The van der Waals surface area contributed by atoms with Crippen LogP contribution in [0.15, 0.2) is 66.7 Å². The zero-order valence-electron chi connectivity index (χ0n) is 17.0. The highest BCUT2D eigenvalue weighted by Crippen LogP contribution is 2.36. The number of aryl methyl sites for hydroxylation is 1. The molecule has 0 saturated carbocycles. The Kier molecular flexibility index (Phi) is 5.05. The van der Waals surface area contributed by atoms with Crippen LogP contribution in [-0.2, 0) is 6.11 Å². The standard InChI is InChI=1S/C25H14F5NOS/c1-13-2-7-21-22(8-13)33-24(31-21)16-4-3-15-10-17(6-5-14(15)9-16)25(29,30)32-18-11-19(26)23(28)20(27)12-18/h2-12H,1H3. The van der Waals surface area contributed by atoms with E-state index in [9.17, 15) is 22.0 Å². The van der Waals surface area contributed by atoms with Crippen molar-refractivity contribution in [1.82, 2.24) is 4.98 Å². The monoisotopic (exact) mass is 471 g/mol. The van der Waals surface area contributed by atoms with Crippen molar-refractivity contribution < 1.29 is 26.7 Å². The number of aromatic nitrogens is 1.